The second-order valence-corrected chi connectivity index (χ2v) is 17.5. The lowest BCUT2D eigenvalue weighted by Crippen LogP contribution is -2.75. The molecule has 2 aromatic rings. The number of rotatable bonds is 5. The van der Waals surface area contributed by atoms with Crippen LogP contribution in [0.4, 0.5) is 5.69 Å². The number of piperidine rings is 1. The maximum absolute atomic E-state index is 13.8. The molecule has 0 spiro atoms. The lowest BCUT2D eigenvalue weighted by Gasteiger charge is -2.56. The van der Waals surface area contributed by atoms with Crippen molar-refractivity contribution >= 4 is 35.5 Å². The van der Waals surface area contributed by atoms with Crippen molar-refractivity contribution in [2.75, 3.05) is 18.6 Å². The highest BCUT2D eigenvalue weighted by molar-refractivity contribution is 7.89. The van der Waals surface area contributed by atoms with Crippen LogP contribution in [0.15, 0.2) is 64.2 Å². The number of Topliss-reactive ketones (excluding diaryl/α,β-unsaturated/α-hetero) is 1. The van der Waals surface area contributed by atoms with Crippen molar-refractivity contribution in [1.82, 2.24) is 4.31 Å². The monoisotopic (exact) mass is 510 g/mol. The minimum atomic E-state index is -3.92. The number of hydrogen-bond donors (Lipinski definition) is 0. The van der Waals surface area contributed by atoms with Gasteiger partial charge in [-0.3, -0.25) is 9.59 Å². The Morgan fingerprint density at radius 3 is 2.14 bits per heavy atom. The lowest BCUT2D eigenvalue weighted by atomic mass is 9.79. The van der Waals surface area contributed by atoms with Crippen molar-refractivity contribution in [3.63, 3.8) is 0 Å². The summed E-state index contributed by atoms with van der Waals surface area (Å²) < 4.78 is 34.1. The average Bonchev–Trinajstić information content (AvgIpc) is 3.14. The van der Waals surface area contributed by atoms with Crippen LogP contribution in [0.5, 0.6) is 5.75 Å². The molecule has 2 saturated heterocycles. The molecule has 7 nitrogen and oxygen atoms in total. The summed E-state index contributed by atoms with van der Waals surface area (Å²) in [6.45, 7) is 8.46. The first kappa shape index (κ1) is 24.0. The summed E-state index contributed by atoms with van der Waals surface area (Å²) in [4.78, 5) is 28.7. The number of aryl methyl sites for hydroxylation is 1. The van der Waals surface area contributed by atoms with Gasteiger partial charge >= 0.3 is 0 Å². The number of methoxy groups -OCH3 is 1. The van der Waals surface area contributed by atoms with Crippen molar-refractivity contribution < 1.29 is 22.7 Å². The number of carbonyl (C=O) groups is 2. The third-order valence-electron chi connectivity index (χ3n) is 7.26. The third kappa shape index (κ3) is 3.68. The number of ketones is 1. The predicted molar refractivity (Wildman–Crippen MR) is 137 cm³/mol. The second-order valence-electron chi connectivity index (χ2n) is 10.6. The van der Waals surface area contributed by atoms with Crippen molar-refractivity contribution in [1.29, 1.82) is 0 Å². The van der Waals surface area contributed by atoms with Gasteiger partial charge < -0.3 is 9.64 Å². The fourth-order valence-corrected chi connectivity index (χ4v) is 9.51. The third-order valence-corrected chi connectivity index (χ3v) is 11.2. The molecule has 0 bridgehead atoms. The molecule has 2 fully saturated rings. The summed E-state index contributed by atoms with van der Waals surface area (Å²) in [6.07, 6.45) is 0.294. The Hall–Kier alpha value is -2.75. The molecule has 0 N–H and O–H groups in total. The fourth-order valence-electron chi connectivity index (χ4n) is 5.72. The van der Waals surface area contributed by atoms with Gasteiger partial charge in [-0.25, -0.2) is 8.42 Å². The zero-order chi connectivity index (χ0) is 25.3. The highest BCUT2D eigenvalue weighted by atomic mass is 32.2. The molecule has 2 aliphatic heterocycles. The van der Waals surface area contributed by atoms with E-state index in [-0.39, 0.29) is 29.0 Å². The summed E-state index contributed by atoms with van der Waals surface area (Å²) in [7, 11) is -4.38. The topological polar surface area (TPSA) is 84.0 Å². The van der Waals surface area contributed by atoms with Crippen molar-refractivity contribution in [2.24, 2.45) is 5.92 Å². The maximum Gasteiger partial charge on any atom is 0.248 e. The number of hydrogen-bond acceptors (Lipinski definition) is 5. The Labute approximate surface area is 207 Å². The van der Waals surface area contributed by atoms with Gasteiger partial charge in [-0.1, -0.05) is 37.3 Å². The van der Waals surface area contributed by atoms with Gasteiger partial charge in [0.1, 0.15) is 11.8 Å². The molecule has 0 saturated carbocycles. The summed E-state index contributed by atoms with van der Waals surface area (Å²) in [5.74, 6) is 0.281. The summed E-state index contributed by atoms with van der Waals surface area (Å²) >= 11 is 0. The van der Waals surface area contributed by atoms with Crippen molar-refractivity contribution in [2.45, 2.75) is 50.0 Å². The Kier molecular flexibility index (Phi) is 5.58. The normalized spacial score (nSPS) is 24.8. The van der Waals surface area contributed by atoms with Gasteiger partial charge in [0, 0.05) is 24.6 Å². The van der Waals surface area contributed by atoms with Crippen LogP contribution in [0.1, 0.15) is 12.0 Å². The van der Waals surface area contributed by atoms with E-state index in [9.17, 15) is 18.0 Å². The average molecular weight is 511 g/mol. The van der Waals surface area contributed by atoms with E-state index in [1.54, 1.807) is 60.5 Å². The number of fused-ring (bicyclic) bond motifs is 3. The number of sulfonamides is 1. The quantitative estimate of drug-likeness (QED) is 0.454. The van der Waals surface area contributed by atoms with Gasteiger partial charge in [0.15, 0.2) is 5.78 Å². The first-order chi connectivity index (χ1) is 16.4. The molecule has 0 aromatic heterocycles. The van der Waals surface area contributed by atoms with Crippen LogP contribution in [-0.2, 0) is 19.6 Å². The maximum atomic E-state index is 13.8. The second kappa shape index (κ2) is 8.14. The van der Waals surface area contributed by atoms with Crippen LogP contribution in [-0.4, -0.2) is 58.2 Å². The molecular weight excluding hydrogens is 480 g/mol. The van der Waals surface area contributed by atoms with E-state index in [0.29, 0.717) is 17.9 Å². The molecule has 0 unspecified atom stereocenters. The van der Waals surface area contributed by atoms with Crippen LogP contribution in [0.25, 0.3) is 0 Å². The molecule has 1 aliphatic carbocycles. The van der Waals surface area contributed by atoms with E-state index in [4.69, 9.17) is 4.74 Å². The molecule has 35 heavy (non-hydrogen) atoms. The Bertz CT molecular complexity index is 1340. The number of benzene rings is 2. The zero-order valence-electron chi connectivity index (χ0n) is 20.6. The molecule has 1 amide bonds. The standard InChI is InChI=1S/C26H30N2O5SSi/c1-16-6-12-20(13-7-16)34(31,32)27-15-17-14-21(29)25(35(3,4)5)22(17)23-24(27)26(30)28(23)18-8-10-19(33-2)11-9-18/h6-13,17,23-24H,14-15H2,1-5H3/t17-,23+,24-/m0/s1. The Morgan fingerprint density at radius 2 is 1.57 bits per heavy atom. The van der Waals surface area contributed by atoms with E-state index in [1.807, 2.05) is 6.92 Å². The molecule has 2 heterocycles. The van der Waals surface area contributed by atoms with Crippen LogP contribution in [0.2, 0.25) is 19.6 Å². The highest BCUT2D eigenvalue weighted by Crippen LogP contribution is 2.50. The van der Waals surface area contributed by atoms with E-state index in [1.165, 1.54) is 4.31 Å². The molecule has 184 valence electrons. The molecular formula is C26H30N2O5SSi. The number of amides is 1. The van der Waals surface area contributed by atoms with Gasteiger partial charge in [-0.2, -0.15) is 4.31 Å². The summed E-state index contributed by atoms with van der Waals surface area (Å²) in [5.41, 5.74) is 2.61. The first-order valence-corrected chi connectivity index (χ1v) is 16.7. The summed E-state index contributed by atoms with van der Waals surface area (Å²) in [6, 6.07) is 12.5. The smallest absolute Gasteiger partial charge is 0.248 e. The van der Waals surface area contributed by atoms with E-state index in [0.717, 1.165) is 16.3 Å². The van der Waals surface area contributed by atoms with E-state index >= 15 is 0 Å². The van der Waals surface area contributed by atoms with E-state index in [2.05, 4.69) is 19.6 Å². The van der Waals surface area contributed by atoms with Gasteiger partial charge in [0.2, 0.25) is 15.9 Å². The summed E-state index contributed by atoms with van der Waals surface area (Å²) in [5, 5.41) is 0.871. The lowest BCUT2D eigenvalue weighted by molar-refractivity contribution is -0.130. The zero-order valence-corrected chi connectivity index (χ0v) is 22.4. The Morgan fingerprint density at radius 1 is 0.943 bits per heavy atom. The van der Waals surface area contributed by atoms with Gasteiger partial charge in [0.25, 0.3) is 0 Å². The predicted octanol–water partition coefficient (Wildman–Crippen LogP) is 3.55. The van der Waals surface area contributed by atoms with Gasteiger partial charge in [-0.05, 0) is 54.1 Å². The van der Waals surface area contributed by atoms with Crippen LogP contribution < -0.4 is 9.64 Å². The molecule has 5 rings (SSSR count). The first-order valence-electron chi connectivity index (χ1n) is 11.8. The minimum absolute atomic E-state index is 0.103. The van der Waals surface area contributed by atoms with Crippen molar-refractivity contribution in [3.8, 4) is 5.75 Å². The number of ether oxygens (including phenoxy) is 1. The number of nitrogens with zero attached hydrogens (tertiary/aromatic N) is 2. The highest BCUT2D eigenvalue weighted by Gasteiger charge is 2.62. The van der Waals surface area contributed by atoms with Crippen LogP contribution in [0.3, 0.4) is 0 Å². The number of carbonyl (C=O) groups excluding carboxylic acids is 2. The van der Waals surface area contributed by atoms with Gasteiger partial charge in [-0.15, -0.1) is 0 Å². The Balaban J connectivity index is 1.64. The van der Waals surface area contributed by atoms with E-state index < -0.39 is 30.2 Å². The largest absolute Gasteiger partial charge is 0.497 e. The number of β-lactam (4-membered cyclic amide) rings is 1. The number of allylic oxidation sites excluding steroid dienone is 1. The van der Waals surface area contributed by atoms with Crippen LogP contribution in [0, 0.1) is 12.8 Å². The molecule has 2 aromatic carbocycles. The van der Waals surface area contributed by atoms with Crippen molar-refractivity contribution in [3.05, 3.63) is 64.9 Å². The number of anilines is 1. The molecule has 9 heteroatoms. The fraction of sp³-hybridized carbons (Fsp3) is 0.385. The molecule has 0 radical (unpaired) electrons. The van der Waals surface area contributed by atoms with Crippen LogP contribution >= 0.6 is 0 Å². The molecule has 3 atom stereocenters. The molecule has 3 aliphatic rings. The van der Waals surface area contributed by atoms with Gasteiger partial charge in [0.05, 0.1) is 26.1 Å². The SMILES string of the molecule is COc1ccc(N2C(=O)[C@@H]3[C@H]2C2=C([Si](C)(C)C)C(=O)C[C@H]2CN3S(=O)(=O)c2ccc(C)cc2)cc1. The minimum Gasteiger partial charge on any atom is -0.497 e.